The van der Waals surface area contributed by atoms with Gasteiger partial charge in [-0.05, 0) is 12.0 Å². The number of nitrogen functional groups attached to an aromatic ring is 1. The SMILES string of the molecule is COc1ccc(N)c(C#CCCl)n1. The zero-order valence-corrected chi connectivity index (χ0v) is 7.93. The number of methoxy groups -OCH3 is 1. The number of nitrogens with two attached hydrogens (primary N) is 1. The minimum absolute atomic E-state index is 0.262. The van der Waals surface area contributed by atoms with Gasteiger partial charge in [-0.15, -0.1) is 11.6 Å². The highest BCUT2D eigenvalue weighted by Gasteiger charge is 1.99. The van der Waals surface area contributed by atoms with E-state index in [1.54, 1.807) is 12.1 Å². The molecular weight excluding hydrogens is 188 g/mol. The second kappa shape index (κ2) is 4.58. The number of pyridine rings is 1. The molecule has 0 spiro atoms. The van der Waals surface area contributed by atoms with Gasteiger partial charge in [0.1, 0.15) is 5.69 Å². The van der Waals surface area contributed by atoms with Gasteiger partial charge in [0.25, 0.3) is 0 Å². The van der Waals surface area contributed by atoms with Gasteiger partial charge in [-0.1, -0.05) is 5.92 Å². The molecule has 0 aliphatic carbocycles. The predicted octanol–water partition coefficient (Wildman–Crippen LogP) is 1.26. The first-order valence-electron chi connectivity index (χ1n) is 3.63. The number of aromatic nitrogens is 1. The summed E-state index contributed by atoms with van der Waals surface area (Å²) in [4.78, 5) is 4.05. The number of ether oxygens (including phenoxy) is 1. The summed E-state index contributed by atoms with van der Waals surface area (Å²) in [6.07, 6.45) is 0. The van der Waals surface area contributed by atoms with Crippen molar-refractivity contribution in [2.75, 3.05) is 18.7 Å². The lowest BCUT2D eigenvalue weighted by Crippen LogP contribution is -1.96. The van der Waals surface area contributed by atoms with E-state index in [2.05, 4.69) is 16.8 Å². The van der Waals surface area contributed by atoms with Crippen LogP contribution in [0.5, 0.6) is 5.88 Å². The average molecular weight is 197 g/mol. The Kier molecular flexibility index (Phi) is 3.41. The minimum Gasteiger partial charge on any atom is -0.481 e. The van der Waals surface area contributed by atoms with Gasteiger partial charge in [0.15, 0.2) is 0 Å². The molecule has 4 heteroatoms. The van der Waals surface area contributed by atoms with Crippen molar-refractivity contribution in [2.45, 2.75) is 0 Å². The smallest absolute Gasteiger partial charge is 0.214 e. The highest BCUT2D eigenvalue weighted by atomic mass is 35.5. The molecule has 3 nitrogen and oxygen atoms in total. The summed E-state index contributed by atoms with van der Waals surface area (Å²) in [7, 11) is 1.54. The summed E-state index contributed by atoms with van der Waals surface area (Å²) in [5, 5.41) is 0. The quantitative estimate of drug-likeness (QED) is 0.544. The Hall–Kier alpha value is -1.40. The highest BCUT2D eigenvalue weighted by Crippen LogP contribution is 2.13. The molecular formula is C9H9ClN2O. The molecule has 1 aromatic rings. The number of rotatable bonds is 1. The maximum atomic E-state index is 5.62. The van der Waals surface area contributed by atoms with Crippen LogP contribution in [0.2, 0.25) is 0 Å². The number of nitrogens with zero attached hydrogens (tertiary/aromatic N) is 1. The van der Waals surface area contributed by atoms with Gasteiger partial charge in [-0.2, -0.15) is 0 Å². The molecule has 2 N–H and O–H groups in total. The van der Waals surface area contributed by atoms with Crippen LogP contribution in [0.1, 0.15) is 5.69 Å². The van der Waals surface area contributed by atoms with E-state index in [1.165, 1.54) is 7.11 Å². The van der Waals surface area contributed by atoms with E-state index in [-0.39, 0.29) is 5.88 Å². The predicted molar refractivity (Wildman–Crippen MR) is 52.8 cm³/mol. The molecule has 0 amide bonds. The minimum atomic E-state index is 0.262. The number of hydrogen-bond donors (Lipinski definition) is 1. The number of alkyl halides is 1. The van der Waals surface area contributed by atoms with Crippen LogP contribution in [0, 0.1) is 11.8 Å². The topological polar surface area (TPSA) is 48.1 Å². The van der Waals surface area contributed by atoms with E-state index in [9.17, 15) is 0 Å². The molecule has 0 aliphatic heterocycles. The molecule has 0 aliphatic rings. The molecule has 0 unspecified atom stereocenters. The zero-order valence-electron chi connectivity index (χ0n) is 7.17. The molecule has 1 aromatic heterocycles. The molecule has 0 fully saturated rings. The molecule has 68 valence electrons. The fourth-order valence-electron chi connectivity index (χ4n) is 0.783. The molecule has 0 radical (unpaired) electrons. The van der Waals surface area contributed by atoms with Crippen molar-refractivity contribution in [1.82, 2.24) is 4.98 Å². The van der Waals surface area contributed by atoms with Crippen molar-refractivity contribution in [3.63, 3.8) is 0 Å². The number of halogens is 1. The molecule has 13 heavy (non-hydrogen) atoms. The Morgan fingerprint density at radius 1 is 1.62 bits per heavy atom. The third-order valence-corrected chi connectivity index (χ3v) is 1.52. The van der Waals surface area contributed by atoms with Crippen molar-refractivity contribution >= 4 is 17.3 Å². The van der Waals surface area contributed by atoms with E-state index in [0.29, 0.717) is 17.3 Å². The lowest BCUT2D eigenvalue weighted by molar-refractivity contribution is 0.397. The molecule has 0 saturated heterocycles. The normalized spacial score (nSPS) is 8.77. The van der Waals surface area contributed by atoms with Crippen molar-refractivity contribution in [3.8, 4) is 17.7 Å². The van der Waals surface area contributed by atoms with Crippen molar-refractivity contribution in [1.29, 1.82) is 0 Å². The Morgan fingerprint density at radius 2 is 2.38 bits per heavy atom. The first kappa shape index (κ1) is 9.69. The Bertz CT molecular complexity index is 354. The summed E-state index contributed by atoms with van der Waals surface area (Å²) in [5.41, 5.74) is 6.65. The first-order chi connectivity index (χ1) is 6.27. The van der Waals surface area contributed by atoms with Gasteiger partial charge < -0.3 is 10.5 Å². The zero-order chi connectivity index (χ0) is 9.68. The lowest BCUT2D eigenvalue weighted by atomic mass is 10.3. The monoisotopic (exact) mass is 196 g/mol. The molecule has 1 heterocycles. The van der Waals surface area contributed by atoms with Gasteiger partial charge in [-0.25, -0.2) is 4.98 Å². The molecule has 0 aromatic carbocycles. The summed E-state index contributed by atoms with van der Waals surface area (Å²) in [6.45, 7) is 0. The van der Waals surface area contributed by atoms with Crippen LogP contribution in [0.15, 0.2) is 12.1 Å². The lowest BCUT2D eigenvalue weighted by Gasteiger charge is -2.00. The van der Waals surface area contributed by atoms with Gasteiger partial charge in [0, 0.05) is 6.07 Å². The fourth-order valence-corrected chi connectivity index (χ4v) is 0.850. The number of hydrogen-bond acceptors (Lipinski definition) is 3. The summed E-state index contributed by atoms with van der Waals surface area (Å²) >= 11 is 5.40. The van der Waals surface area contributed by atoms with Crippen LogP contribution in [0.3, 0.4) is 0 Å². The largest absolute Gasteiger partial charge is 0.481 e. The van der Waals surface area contributed by atoms with Crippen LogP contribution >= 0.6 is 11.6 Å². The van der Waals surface area contributed by atoms with Gasteiger partial charge in [-0.3, -0.25) is 0 Å². The molecule has 1 rings (SSSR count). The van der Waals surface area contributed by atoms with E-state index < -0.39 is 0 Å². The second-order valence-electron chi connectivity index (χ2n) is 2.23. The molecule has 0 bridgehead atoms. The Labute approximate surface area is 81.9 Å². The second-order valence-corrected chi connectivity index (χ2v) is 2.49. The summed E-state index contributed by atoms with van der Waals surface area (Å²) in [5.74, 6) is 6.17. The fraction of sp³-hybridized carbons (Fsp3) is 0.222. The van der Waals surface area contributed by atoms with E-state index in [1.807, 2.05) is 0 Å². The van der Waals surface area contributed by atoms with Crippen molar-refractivity contribution in [2.24, 2.45) is 0 Å². The summed E-state index contributed by atoms with van der Waals surface area (Å²) in [6, 6.07) is 3.38. The van der Waals surface area contributed by atoms with Crippen LogP contribution in [0.25, 0.3) is 0 Å². The summed E-state index contributed by atoms with van der Waals surface area (Å²) < 4.78 is 4.92. The average Bonchev–Trinajstić information content (AvgIpc) is 2.17. The standard InChI is InChI=1S/C9H9ClN2O/c1-13-9-5-4-7(11)8(12-9)3-2-6-10/h4-5H,6,11H2,1H3. The van der Waals surface area contributed by atoms with E-state index in [0.717, 1.165) is 0 Å². The van der Waals surface area contributed by atoms with Gasteiger partial charge >= 0.3 is 0 Å². The van der Waals surface area contributed by atoms with Gasteiger partial charge in [0.05, 0.1) is 18.7 Å². The van der Waals surface area contributed by atoms with Crippen LogP contribution in [0.4, 0.5) is 5.69 Å². The van der Waals surface area contributed by atoms with Gasteiger partial charge in [0.2, 0.25) is 5.88 Å². The van der Waals surface area contributed by atoms with Crippen LogP contribution in [-0.4, -0.2) is 18.0 Å². The van der Waals surface area contributed by atoms with E-state index in [4.69, 9.17) is 22.1 Å². The third kappa shape index (κ3) is 2.53. The Balaban J connectivity index is 3.04. The van der Waals surface area contributed by atoms with Crippen molar-refractivity contribution in [3.05, 3.63) is 17.8 Å². The molecule has 0 atom stereocenters. The van der Waals surface area contributed by atoms with Crippen molar-refractivity contribution < 1.29 is 4.74 Å². The van der Waals surface area contributed by atoms with Crippen LogP contribution < -0.4 is 10.5 Å². The third-order valence-electron chi connectivity index (χ3n) is 1.38. The maximum absolute atomic E-state index is 5.62. The van der Waals surface area contributed by atoms with Crippen LogP contribution in [-0.2, 0) is 0 Å². The Morgan fingerprint density at radius 3 is 3.00 bits per heavy atom. The first-order valence-corrected chi connectivity index (χ1v) is 4.16. The molecule has 0 saturated carbocycles. The maximum Gasteiger partial charge on any atom is 0.214 e. The number of anilines is 1. The van der Waals surface area contributed by atoms with E-state index >= 15 is 0 Å². The highest BCUT2D eigenvalue weighted by molar-refractivity contribution is 6.19.